The second kappa shape index (κ2) is 7.61. The van der Waals surface area contributed by atoms with Gasteiger partial charge in [0.05, 0.1) is 19.6 Å². The predicted molar refractivity (Wildman–Crippen MR) is 90.4 cm³/mol. The zero-order chi connectivity index (χ0) is 17.8. The Labute approximate surface area is 145 Å². The molecule has 1 aliphatic rings. The lowest BCUT2D eigenvalue weighted by molar-refractivity contribution is -0.133. The topological polar surface area (TPSA) is 41.6 Å². The first-order valence-electron chi connectivity index (χ1n) is 8.17. The fourth-order valence-electron chi connectivity index (χ4n) is 3.17. The van der Waals surface area contributed by atoms with Gasteiger partial charge in [-0.15, -0.1) is 0 Å². The minimum atomic E-state index is -0.958. The van der Waals surface area contributed by atoms with Gasteiger partial charge in [0.15, 0.2) is 11.6 Å². The molecule has 0 aromatic heterocycles. The summed E-state index contributed by atoms with van der Waals surface area (Å²) >= 11 is 0. The van der Waals surface area contributed by atoms with Gasteiger partial charge in [-0.25, -0.2) is 8.78 Å². The molecule has 1 aliphatic heterocycles. The third kappa shape index (κ3) is 3.64. The number of para-hydroxylation sites is 1. The van der Waals surface area contributed by atoms with Crippen molar-refractivity contribution in [1.82, 2.24) is 10.2 Å². The summed E-state index contributed by atoms with van der Waals surface area (Å²) in [6.07, 6.45) is -0.171. The van der Waals surface area contributed by atoms with E-state index in [0.29, 0.717) is 25.4 Å². The van der Waals surface area contributed by atoms with Crippen molar-refractivity contribution in [3.05, 3.63) is 65.2 Å². The van der Waals surface area contributed by atoms with Crippen LogP contribution < -0.4 is 10.1 Å². The molecule has 25 heavy (non-hydrogen) atoms. The first kappa shape index (κ1) is 17.4. The zero-order valence-corrected chi connectivity index (χ0v) is 14.0. The van der Waals surface area contributed by atoms with Crippen molar-refractivity contribution in [3.8, 4) is 5.75 Å². The van der Waals surface area contributed by atoms with Crippen LogP contribution >= 0.6 is 0 Å². The number of hydrogen-bond donors (Lipinski definition) is 1. The monoisotopic (exact) mass is 346 g/mol. The highest BCUT2D eigenvalue weighted by Gasteiger charge is 2.30. The fourth-order valence-corrected chi connectivity index (χ4v) is 3.17. The van der Waals surface area contributed by atoms with Gasteiger partial charge in [-0.2, -0.15) is 0 Å². The fraction of sp³-hybridized carbons (Fsp3) is 0.316. The molecule has 1 N–H and O–H groups in total. The Kier molecular flexibility index (Phi) is 5.28. The van der Waals surface area contributed by atoms with Gasteiger partial charge in [-0.3, -0.25) is 4.79 Å². The lowest BCUT2D eigenvalue weighted by Crippen LogP contribution is -2.49. The molecule has 1 unspecified atom stereocenters. The van der Waals surface area contributed by atoms with Crippen molar-refractivity contribution in [2.45, 2.75) is 12.5 Å². The Morgan fingerprint density at radius 1 is 1.24 bits per heavy atom. The molecule has 2 aromatic carbocycles. The molecule has 0 bridgehead atoms. The van der Waals surface area contributed by atoms with E-state index in [9.17, 15) is 13.6 Å². The molecular formula is C19H20F2N2O2. The van der Waals surface area contributed by atoms with E-state index in [0.717, 1.165) is 11.6 Å². The second-order valence-electron chi connectivity index (χ2n) is 5.94. The van der Waals surface area contributed by atoms with Crippen LogP contribution in [0, 0.1) is 11.6 Å². The molecule has 2 aromatic rings. The number of benzene rings is 2. The van der Waals surface area contributed by atoms with E-state index in [2.05, 4.69) is 5.32 Å². The SMILES string of the molecule is COc1ccccc1C1CNCCN1C(=O)Cc1cccc(F)c1F. The zero-order valence-electron chi connectivity index (χ0n) is 14.0. The molecule has 3 rings (SSSR count). The van der Waals surface area contributed by atoms with Gasteiger partial charge in [0.25, 0.3) is 0 Å². The summed E-state index contributed by atoms with van der Waals surface area (Å²) in [5, 5.41) is 3.27. The first-order valence-corrected chi connectivity index (χ1v) is 8.17. The number of carbonyl (C=O) groups is 1. The van der Waals surface area contributed by atoms with Gasteiger partial charge in [0.1, 0.15) is 5.75 Å². The summed E-state index contributed by atoms with van der Waals surface area (Å²) in [5.41, 5.74) is 0.965. The molecule has 4 nitrogen and oxygen atoms in total. The lowest BCUT2D eigenvalue weighted by atomic mass is 10.0. The second-order valence-corrected chi connectivity index (χ2v) is 5.94. The number of methoxy groups -OCH3 is 1. The predicted octanol–water partition coefficient (Wildman–Crippen LogP) is 2.69. The number of halogens is 2. The van der Waals surface area contributed by atoms with Gasteiger partial charge in [0, 0.05) is 30.8 Å². The van der Waals surface area contributed by atoms with Crippen LogP contribution in [-0.4, -0.2) is 37.6 Å². The number of nitrogens with one attached hydrogen (secondary N) is 1. The maximum atomic E-state index is 13.9. The maximum Gasteiger partial charge on any atom is 0.227 e. The Bertz CT molecular complexity index is 767. The molecule has 0 spiro atoms. The van der Waals surface area contributed by atoms with E-state index in [1.807, 2.05) is 24.3 Å². The van der Waals surface area contributed by atoms with Crippen LogP contribution in [-0.2, 0) is 11.2 Å². The van der Waals surface area contributed by atoms with Gasteiger partial charge in [-0.05, 0) is 12.1 Å². The highest BCUT2D eigenvalue weighted by Crippen LogP contribution is 2.30. The van der Waals surface area contributed by atoms with E-state index in [-0.39, 0.29) is 23.9 Å². The Morgan fingerprint density at radius 2 is 2.04 bits per heavy atom. The molecule has 1 heterocycles. The Balaban J connectivity index is 1.85. The summed E-state index contributed by atoms with van der Waals surface area (Å²) < 4.78 is 32.7. The summed E-state index contributed by atoms with van der Waals surface area (Å²) in [6.45, 7) is 1.74. The van der Waals surface area contributed by atoms with Crippen LogP contribution in [0.5, 0.6) is 5.75 Å². The van der Waals surface area contributed by atoms with Crippen molar-refractivity contribution >= 4 is 5.91 Å². The van der Waals surface area contributed by atoms with E-state index in [4.69, 9.17) is 4.74 Å². The van der Waals surface area contributed by atoms with Crippen LogP contribution in [0.3, 0.4) is 0 Å². The highest BCUT2D eigenvalue weighted by atomic mass is 19.2. The number of ether oxygens (including phenoxy) is 1. The van der Waals surface area contributed by atoms with Gasteiger partial charge in [-0.1, -0.05) is 30.3 Å². The normalized spacial score (nSPS) is 17.4. The minimum Gasteiger partial charge on any atom is -0.496 e. The van der Waals surface area contributed by atoms with Crippen molar-refractivity contribution in [2.24, 2.45) is 0 Å². The molecule has 0 saturated carbocycles. The van der Waals surface area contributed by atoms with E-state index < -0.39 is 11.6 Å². The number of carbonyl (C=O) groups excluding carboxylic acids is 1. The Morgan fingerprint density at radius 3 is 2.84 bits per heavy atom. The molecule has 0 radical (unpaired) electrons. The lowest BCUT2D eigenvalue weighted by Gasteiger charge is -2.37. The van der Waals surface area contributed by atoms with Crippen molar-refractivity contribution < 1.29 is 18.3 Å². The summed E-state index contributed by atoms with van der Waals surface area (Å²) in [4.78, 5) is 14.5. The third-order valence-electron chi connectivity index (χ3n) is 4.43. The van der Waals surface area contributed by atoms with Crippen LogP contribution in [0.25, 0.3) is 0 Å². The molecule has 1 amide bonds. The number of amides is 1. The highest BCUT2D eigenvalue weighted by molar-refractivity contribution is 5.79. The number of nitrogens with zero attached hydrogens (tertiary/aromatic N) is 1. The number of rotatable bonds is 4. The molecule has 1 atom stereocenters. The van der Waals surface area contributed by atoms with Gasteiger partial charge >= 0.3 is 0 Å². The van der Waals surface area contributed by atoms with Crippen LogP contribution in [0.15, 0.2) is 42.5 Å². The summed E-state index contributed by atoms with van der Waals surface area (Å²) in [5.74, 6) is -1.43. The third-order valence-corrected chi connectivity index (χ3v) is 4.43. The molecule has 1 saturated heterocycles. The molecule has 6 heteroatoms. The van der Waals surface area contributed by atoms with Gasteiger partial charge < -0.3 is 15.0 Å². The maximum absolute atomic E-state index is 13.9. The van der Waals surface area contributed by atoms with E-state index in [1.165, 1.54) is 12.1 Å². The first-order chi connectivity index (χ1) is 12.1. The van der Waals surface area contributed by atoms with E-state index in [1.54, 1.807) is 12.0 Å². The molecule has 132 valence electrons. The van der Waals surface area contributed by atoms with Crippen molar-refractivity contribution in [3.63, 3.8) is 0 Å². The van der Waals surface area contributed by atoms with Crippen LogP contribution in [0.1, 0.15) is 17.2 Å². The number of hydrogen-bond acceptors (Lipinski definition) is 3. The van der Waals surface area contributed by atoms with Crippen LogP contribution in [0.4, 0.5) is 8.78 Å². The smallest absolute Gasteiger partial charge is 0.227 e. The molecule has 1 fully saturated rings. The minimum absolute atomic E-state index is 0.0716. The molecular weight excluding hydrogens is 326 g/mol. The summed E-state index contributed by atoms with van der Waals surface area (Å²) in [6, 6.07) is 11.2. The van der Waals surface area contributed by atoms with Crippen LogP contribution in [0.2, 0.25) is 0 Å². The number of piperazine rings is 1. The average Bonchev–Trinajstić information content (AvgIpc) is 2.65. The Hall–Kier alpha value is -2.47. The van der Waals surface area contributed by atoms with Gasteiger partial charge in [0.2, 0.25) is 5.91 Å². The molecule has 0 aliphatic carbocycles. The average molecular weight is 346 g/mol. The largest absolute Gasteiger partial charge is 0.496 e. The quantitative estimate of drug-likeness (QED) is 0.926. The van der Waals surface area contributed by atoms with Crippen molar-refractivity contribution in [2.75, 3.05) is 26.7 Å². The van der Waals surface area contributed by atoms with E-state index >= 15 is 0 Å². The standard InChI is InChI=1S/C19H20F2N2O2/c1-25-17-8-3-2-6-14(17)16-12-22-9-10-23(16)18(24)11-13-5-4-7-15(20)19(13)21/h2-8,16,22H,9-12H2,1H3. The summed E-state index contributed by atoms with van der Waals surface area (Å²) in [7, 11) is 1.59. The van der Waals surface area contributed by atoms with Crippen molar-refractivity contribution in [1.29, 1.82) is 0 Å².